The highest BCUT2D eigenvalue weighted by Gasteiger charge is 1.99. The largest absolute Gasteiger partial charge is 0.323 e. The Morgan fingerprint density at radius 1 is 1.11 bits per heavy atom. The van der Waals surface area contributed by atoms with Crippen molar-refractivity contribution >= 4 is 51.9 Å². The van der Waals surface area contributed by atoms with Crippen molar-refractivity contribution in [2.24, 2.45) is 0 Å². The average molecular weight is 384 g/mol. The number of hydrogen-bond donors (Lipinski definition) is 1. The van der Waals surface area contributed by atoms with Crippen LogP contribution in [0, 0.1) is 3.57 Å². The van der Waals surface area contributed by atoms with E-state index in [0.717, 1.165) is 14.8 Å². The SMILES string of the molecule is O=C(C=Cc1ccccc1Cl)Nc1ccc(I)cc1. The number of hydrogen-bond acceptors (Lipinski definition) is 1. The molecule has 0 atom stereocenters. The molecule has 2 rings (SSSR count). The zero-order chi connectivity index (χ0) is 13.7. The summed E-state index contributed by atoms with van der Waals surface area (Å²) in [6.45, 7) is 0. The van der Waals surface area contributed by atoms with Crippen molar-refractivity contribution in [3.05, 3.63) is 68.8 Å². The van der Waals surface area contributed by atoms with Crippen molar-refractivity contribution in [1.29, 1.82) is 0 Å². The van der Waals surface area contributed by atoms with E-state index in [1.165, 1.54) is 6.08 Å². The van der Waals surface area contributed by atoms with Crippen molar-refractivity contribution in [1.82, 2.24) is 0 Å². The van der Waals surface area contributed by atoms with Crippen molar-refractivity contribution in [3.8, 4) is 0 Å². The van der Waals surface area contributed by atoms with Crippen molar-refractivity contribution in [2.45, 2.75) is 0 Å². The number of carbonyl (C=O) groups is 1. The molecule has 2 nitrogen and oxygen atoms in total. The number of amides is 1. The number of anilines is 1. The van der Waals surface area contributed by atoms with E-state index in [1.807, 2.05) is 42.5 Å². The second-order valence-electron chi connectivity index (χ2n) is 3.85. The number of halogens is 2. The molecule has 0 aliphatic heterocycles. The Hall–Kier alpha value is -1.33. The third-order valence-electron chi connectivity index (χ3n) is 2.43. The monoisotopic (exact) mass is 383 g/mol. The number of rotatable bonds is 3. The van der Waals surface area contributed by atoms with Crippen molar-refractivity contribution in [3.63, 3.8) is 0 Å². The van der Waals surface area contributed by atoms with E-state index < -0.39 is 0 Å². The lowest BCUT2D eigenvalue weighted by Gasteiger charge is -2.02. The molecule has 0 radical (unpaired) electrons. The molecule has 2 aromatic carbocycles. The molecule has 19 heavy (non-hydrogen) atoms. The van der Waals surface area contributed by atoms with Gasteiger partial charge in [0, 0.05) is 20.4 Å². The van der Waals surface area contributed by atoms with Gasteiger partial charge in [-0.05, 0) is 64.6 Å². The summed E-state index contributed by atoms with van der Waals surface area (Å²) in [7, 11) is 0. The van der Waals surface area contributed by atoms with Crippen LogP contribution in [-0.4, -0.2) is 5.91 Å². The quantitative estimate of drug-likeness (QED) is 0.609. The first-order chi connectivity index (χ1) is 9.15. The molecule has 0 heterocycles. The smallest absolute Gasteiger partial charge is 0.248 e. The Kier molecular flexibility index (Phi) is 4.99. The Balaban J connectivity index is 2.02. The first kappa shape index (κ1) is 14.1. The van der Waals surface area contributed by atoms with Crippen LogP contribution in [0.3, 0.4) is 0 Å². The van der Waals surface area contributed by atoms with Gasteiger partial charge < -0.3 is 5.32 Å². The summed E-state index contributed by atoms with van der Waals surface area (Å²) < 4.78 is 1.13. The minimum Gasteiger partial charge on any atom is -0.323 e. The average Bonchev–Trinajstić information content (AvgIpc) is 2.40. The molecular weight excluding hydrogens is 373 g/mol. The lowest BCUT2D eigenvalue weighted by atomic mass is 10.2. The van der Waals surface area contributed by atoms with Gasteiger partial charge in [-0.2, -0.15) is 0 Å². The highest BCUT2D eigenvalue weighted by molar-refractivity contribution is 14.1. The van der Waals surface area contributed by atoms with E-state index in [0.29, 0.717) is 5.02 Å². The summed E-state index contributed by atoms with van der Waals surface area (Å²) in [5, 5.41) is 3.41. The predicted octanol–water partition coefficient (Wildman–Crippen LogP) is 4.60. The van der Waals surface area contributed by atoms with Crippen LogP contribution < -0.4 is 5.32 Å². The molecule has 0 spiro atoms. The molecule has 0 fully saturated rings. The van der Waals surface area contributed by atoms with Gasteiger partial charge in [-0.3, -0.25) is 4.79 Å². The topological polar surface area (TPSA) is 29.1 Å². The predicted molar refractivity (Wildman–Crippen MR) is 88.3 cm³/mol. The van der Waals surface area contributed by atoms with Crippen molar-refractivity contribution in [2.75, 3.05) is 5.32 Å². The molecule has 0 aliphatic carbocycles. The molecule has 2 aromatic rings. The van der Waals surface area contributed by atoms with Crippen LogP contribution >= 0.6 is 34.2 Å². The van der Waals surface area contributed by atoms with Crippen LogP contribution in [-0.2, 0) is 4.79 Å². The standard InChI is InChI=1S/C15H11ClINO/c16-14-4-2-1-3-11(14)5-10-15(19)18-13-8-6-12(17)7-9-13/h1-10H,(H,18,19). The number of carbonyl (C=O) groups excluding carboxylic acids is 1. The normalized spacial score (nSPS) is 10.6. The van der Waals surface area contributed by atoms with E-state index >= 15 is 0 Å². The Bertz CT molecular complexity index is 608. The van der Waals surface area contributed by atoms with Gasteiger partial charge in [-0.25, -0.2) is 0 Å². The zero-order valence-corrected chi connectivity index (χ0v) is 12.9. The van der Waals surface area contributed by atoms with E-state index in [1.54, 1.807) is 12.1 Å². The van der Waals surface area contributed by atoms with Crippen LogP contribution in [0.25, 0.3) is 6.08 Å². The van der Waals surface area contributed by atoms with Gasteiger partial charge in [0.2, 0.25) is 5.91 Å². The first-order valence-electron chi connectivity index (χ1n) is 5.64. The maximum absolute atomic E-state index is 11.7. The molecule has 1 N–H and O–H groups in total. The molecule has 0 bridgehead atoms. The number of nitrogens with one attached hydrogen (secondary N) is 1. The molecule has 96 valence electrons. The van der Waals surface area contributed by atoms with Gasteiger partial charge >= 0.3 is 0 Å². The maximum atomic E-state index is 11.7. The summed E-state index contributed by atoms with van der Waals surface area (Å²) >= 11 is 8.22. The van der Waals surface area contributed by atoms with E-state index in [-0.39, 0.29) is 5.91 Å². The van der Waals surface area contributed by atoms with Crippen LogP contribution in [0.5, 0.6) is 0 Å². The molecule has 0 aliphatic rings. The lowest BCUT2D eigenvalue weighted by Crippen LogP contribution is -2.07. The molecule has 0 aromatic heterocycles. The zero-order valence-electron chi connectivity index (χ0n) is 9.94. The minimum atomic E-state index is -0.180. The van der Waals surface area contributed by atoms with Gasteiger partial charge in [0.05, 0.1) is 0 Å². The van der Waals surface area contributed by atoms with Gasteiger partial charge in [0.1, 0.15) is 0 Å². The van der Waals surface area contributed by atoms with Gasteiger partial charge in [-0.15, -0.1) is 0 Å². The third kappa shape index (κ3) is 4.36. The molecule has 0 saturated heterocycles. The molecule has 0 unspecified atom stereocenters. The molecular formula is C15H11ClINO. The summed E-state index contributed by atoms with van der Waals surface area (Å²) in [6.07, 6.45) is 3.17. The molecule has 1 amide bonds. The highest BCUT2D eigenvalue weighted by Crippen LogP contribution is 2.16. The fraction of sp³-hybridized carbons (Fsp3) is 0. The fourth-order valence-corrected chi connectivity index (χ4v) is 2.05. The first-order valence-corrected chi connectivity index (χ1v) is 7.10. The maximum Gasteiger partial charge on any atom is 0.248 e. The van der Waals surface area contributed by atoms with Crippen molar-refractivity contribution < 1.29 is 4.79 Å². The van der Waals surface area contributed by atoms with E-state index in [4.69, 9.17) is 11.6 Å². The van der Waals surface area contributed by atoms with E-state index in [2.05, 4.69) is 27.9 Å². The summed E-state index contributed by atoms with van der Waals surface area (Å²) in [6, 6.07) is 15.0. The Morgan fingerprint density at radius 3 is 2.47 bits per heavy atom. The summed E-state index contributed by atoms with van der Waals surface area (Å²) in [5.41, 5.74) is 1.59. The van der Waals surface area contributed by atoms with Crippen LogP contribution in [0.4, 0.5) is 5.69 Å². The molecule has 4 heteroatoms. The molecule has 0 saturated carbocycles. The van der Waals surface area contributed by atoms with Crippen LogP contribution in [0.1, 0.15) is 5.56 Å². The van der Waals surface area contributed by atoms with Gasteiger partial charge in [-0.1, -0.05) is 29.8 Å². The van der Waals surface area contributed by atoms with E-state index in [9.17, 15) is 4.79 Å². The minimum absolute atomic E-state index is 0.180. The third-order valence-corrected chi connectivity index (χ3v) is 3.49. The fourth-order valence-electron chi connectivity index (χ4n) is 1.49. The van der Waals surface area contributed by atoms with Crippen LogP contribution in [0.15, 0.2) is 54.6 Å². The Morgan fingerprint density at radius 2 is 1.79 bits per heavy atom. The second-order valence-corrected chi connectivity index (χ2v) is 5.50. The van der Waals surface area contributed by atoms with Crippen LogP contribution in [0.2, 0.25) is 5.02 Å². The summed E-state index contributed by atoms with van der Waals surface area (Å²) in [4.78, 5) is 11.7. The van der Waals surface area contributed by atoms with Gasteiger partial charge in [0.15, 0.2) is 0 Å². The second kappa shape index (κ2) is 6.73. The Labute approximate surface area is 130 Å². The summed E-state index contributed by atoms with van der Waals surface area (Å²) in [5.74, 6) is -0.180. The van der Waals surface area contributed by atoms with Gasteiger partial charge in [0.25, 0.3) is 0 Å². The number of benzene rings is 2. The highest BCUT2D eigenvalue weighted by atomic mass is 127. The lowest BCUT2D eigenvalue weighted by molar-refractivity contribution is -0.111.